The summed E-state index contributed by atoms with van der Waals surface area (Å²) in [6.07, 6.45) is -4.65. The predicted octanol–water partition coefficient (Wildman–Crippen LogP) is 4.04. The zero-order valence-corrected chi connectivity index (χ0v) is 11.7. The first-order chi connectivity index (χ1) is 9.88. The van der Waals surface area contributed by atoms with Gasteiger partial charge >= 0.3 is 6.18 Å². The highest BCUT2D eigenvalue weighted by Crippen LogP contribution is 2.29. The minimum atomic E-state index is -4.65. The fourth-order valence-electron chi connectivity index (χ4n) is 1.66. The third kappa shape index (κ3) is 4.30. The van der Waals surface area contributed by atoms with E-state index in [0.717, 1.165) is 5.56 Å². The Bertz CT molecular complexity index is 634. The second kappa shape index (κ2) is 6.28. The third-order valence-corrected chi connectivity index (χ3v) is 2.65. The normalized spacial score (nSPS) is 11.5. The standard InChI is InChI=1S/C13H11ClF3N3O/c1-21-7-8-3-2-4-9(5-8)18-11-6-10(14)19-12(20-11)13(15,16)17/h2-6H,7H2,1H3,(H,18,19,20). The first-order valence-corrected chi connectivity index (χ1v) is 6.23. The molecule has 112 valence electrons. The maximum absolute atomic E-state index is 12.6. The Morgan fingerprint density at radius 2 is 2.00 bits per heavy atom. The summed E-state index contributed by atoms with van der Waals surface area (Å²) in [6, 6.07) is 8.25. The van der Waals surface area contributed by atoms with E-state index in [1.807, 2.05) is 6.07 Å². The molecule has 2 rings (SSSR count). The molecule has 0 spiro atoms. The quantitative estimate of drug-likeness (QED) is 0.865. The number of alkyl halides is 3. The Labute approximate surface area is 123 Å². The van der Waals surface area contributed by atoms with E-state index in [0.29, 0.717) is 12.3 Å². The Morgan fingerprint density at radius 3 is 2.67 bits per heavy atom. The summed E-state index contributed by atoms with van der Waals surface area (Å²) in [5.74, 6) is -1.32. The number of rotatable bonds is 4. The first-order valence-electron chi connectivity index (χ1n) is 5.85. The van der Waals surface area contributed by atoms with E-state index >= 15 is 0 Å². The van der Waals surface area contributed by atoms with Crippen LogP contribution in [0.1, 0.15) is 11.4 Å². The van der Waals surface area contributed by atoms with Crippen LogP contribution in [0.25, 0.3) is 0 Å². The molecule has 0 fully saturated rings. The number of nitrogens with one attached hydrogen (secondary N) is 1. The maximum atomic E-state index is 12.6. The largest absolute Gasteiger partial charge is 0.451 e. The van der Waals surface area contributed by atoms with E-state index in [1.54, 1.807) is 25.3 Å². The number of methoxy groups -OCH3 is 1. The van der Waals surface area contributed by atoms with Gasteiger partial charge in [0, 0.05) is 18.9 Å². The van der Waals surface area contributed by atoms with Crippen LogP contribution in [0.5, 0.6) is 0 Å². The van der Waals surface area contributed by atoms with Crippen LogP contribution in [-0.4, -0.2) is 17.1 Å². The van der Waals surface area contributed by atoms with Crippen molar-refractivity contribution in [2.24, 2.45) is 0 Å². The molecule has 0 aliphatic rings. The van der Waals surface area contributed by atoms with Gasteiger partial charge in [-0.15, -0.1) is 0 Å². The summed E-state index contributed by atoms with van der Waals surface area (Å²) in [6.45, 7) is 0.397. The van der Waals surface area contributed by atoms with Gasteiger partial charge in [-0.25, -0.2) is 9.97 Å². The lowest BCUT2D eigenvalue weighted by Crippen LogP contribution is -2.12. The van der Waals surface area contributed by atoms with Crippen molar-refractivity contribution in [1.29, 1.82) is 0 Å². The van der Waals surface area contributed by atoms with Crippen LogP contribution >= 0.6 is 11.6 Å². The van der Waals surface area contributed by atoms with Crippen LogP contribution < -0.4 is 5.32 Å². The van der Waals surface area contributed by atoms with E-state index in [4.69, 9.17) is 16.3 Å². The summed E-state index contributed by atoms with van der Waals surface area (Å²) >= 11 is 5.59. The minimum absolute atomic E-state index is 0.0307. The molecule has 21 heavy (non-hydrogen) atoms. The summed E-state index contributed by atoms with van der Waals surface area (Å²) in [4.78, 5) is 6.58. The Kier molecular flexibility index (Phi) is 4.64. The Hall–Kier alpha value is -1.86. The van der Waals surface area contributed by atoms with Crippen molar-refractivity contribution in [2.75, 3.05) is 12.4 Å². The lowest BCUT2D eigenvalue weighted by Gasteiger charge is -2.10. The van der Waals surface area contributed by atoms with Crippen molar-refractivity contribution < 1.29 is 17.9 Å². The number of benzene rings is 1. The summed E-state index contributed by atoms with van der Waals surface area (Å²) < 4.78 is 42.9. The molecule has 0 atom stereocenters. The van der Waals surface area contributed by atoms with Crippen molar-refractivity contribution in [3.63, 3.8) is 0 Å². The van der Waals surface area contributed by atoms with Crippen molar-refractivity contribution in [3.05, 3.63) is 46.9 Å². The molecule has 0 saturated carbocycles. The SMILES string of the molecule is COCc1cccc(Nc2cc(Cl)nc(C(F)(F)F)n2)c1. The van der Waals surface area contributed by atoms with Gasteiger partial charge in [0.15, 0.2) is 0 Å². The highest BCUT2D eigenvalue weighted by molar-refractivity contribution is 6.29. The van der Waals surface area contributed by atoms with Crippen molar-refractivity contribution in [3.8, 4) is 0 Å². The van der Waals surface area contributed by atoms with Crippen LogP contribution in [0.3, 0.4) is 0 Å². The predicted molar refractivity (Wildman–Crippen MR) is 72.5 cm³/mol. The van der Waals surface area contributed by atoms with Crippen LogP contribution in [0.2, 0.25) is 5.15 Å². The van der Waals surface area contributed by atoms with E-state index in [-0.39, 0.29) is 11.0 Å². The number of nitrogens with zero attached hydrogens (tertiary/aromatic N) is 2. The minimum Gasteiger partial charge on any atom is -0.380 e. The topological polar surface area (TPSA) is 47.0 Å². The molecule has 0 saturated heterocycles. The van der Waals surface area contributed by atoms with Gasteiger partial charge in [-0.3, -0.25) is 0 Å². The molecule has 1 aromatic heterocycles. The molecule has 0 aliphatic heterocycles. The van der Waals surface area contributed by atoms with Crippen LogP contribution in [0.15, 0.2) is 30.3 Å². The van der Waals surface area contributed by atoms with Gasteiger partial charge in [0.1, 0.15) is 11.0 Å². The molecule has 0 radical (unpaired) electrons. The van der Waals surface area contributed by atoms with Crippen LogP contribution in [-0.2, 0) is 17.5 Å². The monoisotopic (exact) mass is 317 g/mol. The zero-order valence-electron chi connectivity index (χ0n) is 10.9. The fourth-order valence-corrected chi connectivity index (χ4v) is 1.85. The molecule has 0 bridgehead atoms. The van der Waals surface area contributed by atoms with Gasteiger partial charge in [-0.05, 0) is 17.7 Å². The summed E-state index contributed by atoms with van der Waals surface area (Å²) in [5.41, 5.74) is 1.45. The second-order valence-corrected chi connectivity index (χ2v) is 4.54. The average Bonchev–Trinajstić information content (AvgIpc) is 2.38. The molecule has 1 N–H and O–H groups in total. The van der Waals surface area contributed by atoms with E-state index < -0.39 is 12.0 Å². The molecular weight excluding hydrogens is 307 g/mol. The molecule has 0 amide bonds. The Morgan fingerprint density at radius 1 is 1.24 bits per heavy atom. The molecular formula is C13H11ClF3N3O. The lowest BCUT2D eigenvalue weighted by molar-refractivity contribution is -0.144. The van der Waals surface area contributed by atoms with E-state index in [1.165, 1.54) is 6.07 Å². The molecule has 8 heteroatoms. The van der Waals surface area contributed by atoms with Gasteiger partial charge in [0.05, 0.1) is 6.61 Å². The highest BCUT2D eigenvalue weighted by Gasteiger charge is 2.35. The van der Waals surface area contributed by atoms with Crippen molar-refractivity contribution >= 4 is 23.1 Å². The number of aromatic nitrogens is 2. The number of anilines is 2. The molecule has 1 heterocycles. The molecule has 2 aromatic rings. The van der Waals surface area contributed by atoms with Gasteiger partial charge in [-0.1, -0.05) is 23.7 Å². The van der Waals surface area contributed by atoms with Gasteiger partial charge in [0.25, 0.3) is 0 Å². The van der Waals surface area contributed by atoms with Crippen molar-refractivity contribution in [2.45, 2.75) is 12.8 Å². The summed E-state index contributed by atoms with van der Waals surface area (Å²) in [5, 5.41) is 2.48. The summed E-state index contributed by atoms with van der Waals surface area (Å²) in [7, 11) is 1.56. The van der Waals surface area contributed by atoms with Gasteiger partial charge < -0.3 is 10.1 Å². The highest BCUT2D eigenvalue weighted by atomic mass is 35.5. The van der Waals surface area contributed by atoms with Gasteiger partial charge in [-0.2, -0.15) is 13.2 Å². The third-order valence-electron chi connectivity index (χ3n) is 2.46. The molecule has 1 aromatic carbocycles. The zero-order chi connectivity index (χ0) is 15.5. The molecule has 0 aliphatic carbocycles. The fraction of sp³-hybridized carbons (Fsp3) is 0.231. The number of hydrogen-bond acceptors (Lipinski definition) is 4. The molecule has 0 unspecified atom stereocenters. The first kappa shape index (κ1) is 15.5. The Balaban J connectivity index is 2.27. The second-order valence-electron chi connectivity index (χ2n) is 4.16. The smallest absolute Gasteiger partial charge is 0.380 e. The number of halogens is 4. The number of hydrogen-bond donors (Lipinski definition) is 1. The van der Waals surface area contributed by atoms with Gasteiger partial charge in [0.2, 0.25) is 5.82 Å². The van der Waals surface area contributed by atoms with Crippen LogP contribution in [0, 0.1) is 0 Å². The average molecular weight is 318 g/mol. The van der Waals surface area contributed by atoms with Crippen molar-refractivity contribution in [1.82, 2.24) is 9.97 Å². The van der Waals surface area contributed by atoms with Crippen LogP contribution in [0.4, 0.5) is 24.7 Å². The lowest BCUT2D eigenvalue weighted by atomic mass is 10.2. The molecule has 4 nitrogen and oxygen atoms in total. The maximum Gasteiger partial charge on any atom is 0.451 e. The number of ether oxygens (including phenoxy) is 1. The van der Waals surface area contributed by atoms with E-state index in [2.05, 4.69) is 15.3 Å². The van der Waals surface area contributed by atoms with E-state index in [9.17, 15) is 13.2 Å².